The minimum Gasteiger partial charge on any atom is -0.497 e. The Morgan fingerprint density at radius 1 is 1.00 bits per heavy atom. The van der Waals surface area contributed by atoms with Crippen LogP contribution in [0.25, 0.3) is 0 Å². The Kier molecular flexibility index (Phi) is 5.23. The standard InChI is InChI=1S/C18H17N5O3/c1-25-15-5-3-4-14(10-15)20-16-11-19-23-18(22-16)21-13-8-6-12(7-9-13)17(24)26-2/h3-11H,1-2H3,(H2,20,21,22,23). The molecule has 0 saturated heterocycles. The van der Waals surface area contributed by atoms with E-state index in [4.69, 9.17) is 4.74 Å². The molecule has 0 spiro atoms. The summed E-state index contributed by atoms with van der Waals surface area (Å²) in [5, 5.41) is 14.1. The lowest BCUT2D eigenvalue weighted by Gasteiger charge is -2.09. The first-order valence-electron chi connectivity index (χ1n) is 7.74. The Hall–Kier alpha value is -3.68. The summed E-state index contributed by atoms with van der Waals surface area (Å²) in [5.74, 6) is 1.20. The molecule has 0 aliphatic heterocycles. The van der Waals surface area contributed by atoms with E-state index in [1.165, 1.54) is 13.3 Å². The molecule has 1 heterocycles. The molecule has 2 N–H and O–H groups in total. The molecule has 26 heavy (non-hydrogen) atoms. The van der Waals surface area contributed by atoms with Gasteiger partial charge in [-0.3, -0.25) is 0 Å². The number of aromatic nitrogens is 3. The molecule has 0 radical (unpaired) electrons. The quantitative estimate of drug-likeness (QED) is 0.654. The van der Waals surface area contributed by atoms with Gasteiger partial charge in [-0.15, -0.1) is 5.10 Å². The zero-order chi connectivity index (χ0) is 18.4. The van der Waals surface area contributed by atoms with Crippen LogP contribution < -0.4 is 15.4 Å². The maximum atomic E-state index is 11.5. The summed E-state index contributed by atoms with van der Waals surface area (Å²) < 4.78 is 9.87. The van der Waals surface area contributed by atoms with Crippen LogP contribution in [0.2, 0.25) is 0 Å². The highest BCUT2D eigenvalue weighted by Gasteiger charge is 2.06. The topological polar surface area (TPSA) is 98.3 Å². The van der Waals surface area contributed by atoms with Gasteiger partial charge in [0.05, 0.1) is 26.0 Å². The van der Waals surface area contributed by atoms with E-state index in [1.54, 1.807) is 31.4 Å². The second-order valence-electron chi connectivity index (χ2n) is 5.22. The minimum atomic E-state index is -0.390. The summed E-state index contributed by atoms with van der Waals surface area (Å²) in [6.07, 6.45) is 1.52. The Labute approximate surface area is 150 Å². The lowest BCUT2D eigenvalue weighted by atomic mass is 10.2. The molecular weight excluding hydrogens is 334 g/mol. The van der Waals surface area contributed by atoms with Crippen molar-refractivity contribution < 1.29 is 14.3 Å². The molecular formula is C18H17N5O3. The second kappa shape index (κ2) is 7.93. The smallest absolute Gasteiger partial charge is 0.337 e. The summed E-state index contributed by atoms with van der Waals surface area (Å²) >= 11 is 0. The molecule has 132 valence electrons. The molecule has 3 aromatic rings. The fraction of sp³-hybridized carbons (Fsp3) is 0.111. The van der Waals surface area contributed by atoms with Crippen LogP contribution in [0.15, 0.2) is 54.7 Å². The van der Waals surface area contributed by atoms with Crippen LogP contribution in [0, 0.1) is 0 Å². The number of esters is 1. The highest BCUT2D eigenvalue weighted by Crippen LogP contribution is 2.21. The van der Waals surface area contributed by atoms with Crippen LogP contribution >= 0.6 is 0 Å². The maximum Gasteiger partial charge on any atom is 0.337 e. The molecule has 3 rings (SSSR count). The van der Waals surface area contributed by atoms with Gasteiger partial charge < -0.3 is 20.1 Å². The van der Waals surface area contributed by atoms with Crippen LogP contribution in [0.4, 0.5) is 23.1 Å². The monoisotopic (exact) mass is 351 g/mol. The van der Waals surface area contributed by atoms with Crippen LogP contribution in [0.3, 0.4) is 0 Å². The number of carbonyl (C=O) groups excluding carboxylic acids is 1. The minimum absolute atomic E-state index is 0.323. The van der Waals surface area contributed by atoms with Gasteiger partial charge in [0.25, 0.3) is 0 Å². The summed E-state index contributed by atoms with van der Waals surface area (Å²) in [7, 11) is 2.95. The summed E-state index contributed by atoms with van der Waals surface area (Å²) in [5.41, 5.74) is 2.00. The first-order chi connectivity index (χ1) is 12.7. The summed E-state index contributed by atoms with van der Waals surface area (Å²) in [6.45, 7) is 0. The van der Waals surface area contributed by atoms with Crippen molar-refractivity contribution >= 4 is 29.1 Å². The zero-order valence-electron chi connectivity index (χ0n) is 14.3. The summed E-state index contributed by atoms with van der Waals surface area (Å²) in [6, 6.07) is 14.2. The molecule has 0 amide bonds. The van der Waals surface area contributed by atoms with Crippen molar-refractivity contribution in [3.63, 3.8) is 0 Å². The van der Waals surface area contributed by atoms with Crippen LogP contribution in [-0.2, 0) is 4.74 Å². The third-order valence-corrected chi connectivity index (χ3v) is 3.46. The largest absolute Gasteiger partial charge is 0.497 e. The van der Waals surface area contributed by atoms with Gasteiger partial charge in [-0.1, -0.05) is 6.07 Å². The normalized spacial score (nSPS) is 10.1. The predicted octanol–water partition coefficient (Wildman–Crippen LogP) is 3.15. The van der Waals surface area contributed by atoms with Crippen molar-refractivity contribution in [3.05, 3.63) is 60.3 Å². The molecule has 0 saturated carbocycles. The van der Waals surface area contributed by atoms with Gasteiger partial charge in [-0.2, -0.15) is 10.1 Å². The average molecular weight is 351 g/mol. The van der Waals surface area contributed by atoms with E-state index in [0.717, 1.165) is 17.1 Å². The van der Waals surface area contributed by atoms with Crippen LogP contribution in [0.5, 0.6) is 5.75 Å². The van der Waals surface area contributed by atoms with Gasteiger partial charge in [0, 0.05) is 17.4 Å². The van der Waals surface area contributed by atoms with E-state index in [0.29, 0.717) is 17.3 Å². The number of hydrogen-bond donors (Lipinski definition) is 2. The van der Waals surface area contributed by atoms with Crippen LogP contribution in [-0.4, -0.2) is 35.4 Å². The Morgan fingerprint density at radius 2 is 1.81 bits per heavy atom. The fourth-order valence-electron chi connectivity index (χ4n) is 2.20. The van der Waals surface area contributed by atoms with E-state index >= 15 is 0 Å². The van der Waals surface area contributed by atoms with Gasteiger partial charge in [-0.05, 0) is 36.4 Å². The SMILES string of the molecule is COC(=O)c1ccc(Nc2nncc(Nc3cccc(OC)c3)n2)cc1. The second-order valence-corrected chi connectivity index (χ2v) is 5.22. The molecule has 0 fully saturated rings. The molecule has 8 nitrogen and oxygen atoms in total. The number of hydrogen-bond acceptors (Lipinski definition) is 8. The van der Waals surface area contributed by atoms with Crippen molar-refractivity contribution in [1.29, 1.82) is 0 Å². The highest BCUT2D eigenvalue weighted by molar-refractivity contribution is 5.89. The molecule has 8 heteroatoms. The van der Waals surface area contributed by atoms with Gasteiger partial charge in [0.15, 0.2) is 5.82 Å². The van der Waals surface area contributed by atoms with E-state index in [9.17, 15) is 4.79 Å². The van der Waals surface area contributed by atoms with Crippen molar-refractivity contribution in [2.75, 3.05) is 24.9 Å². The molecule has 0 atom stereocenters. The molecule has 0 unspecified atom stereocenters. The van der Waals surface area contributed by atoms with E-state index < -0.39 is 0 Å². The number of benzene rings is 2. The van der Waals surface area contributed by atoms with Crippen molar-refractivity contribution in [1.82, 2.24) is 15.2 Å². The number of nitrogens with one attached hydrogen (secondary N) is 2. The number of carbonyl (C=O) groups is 1. The van der Waals surface area contributed by atoms with Gasteiger partial charge in [0.1, 0.15) is 5.75 Å². The van der Waals surface area contributed by atoms with E-state index in [2.05, 4.69) is 30.6 Å². The first-order valence-corrected chi connectivity index (χ1v) is 7.74. The van der Waals surface area contributed by atoms with E-state index in [1.807, 2.05) is 24.3 Å². The Balaban J connectivity index is 1.71. The van der Waals surface area contributed by atoms with Gasteiger partial charge in [0.2, 0.25) is 5.95 Å². The number of ether oxygens (including phenoxy) is 2. The molecule has 0 bridgehead atoms. The van der Waals surface area contributed by atoms with E-state index in [-0.39, 0.29) is 5.97 Å². The molecule has 2 aromatic carbocycles. The molecule has 0 aliphatic carbocycles. The number of anilines is 4. The van der Waals surface area contributed by atoms with Gasteiger partial charge in [-0.25, -0.2) is 4.79 Å². The first kappa shape index (κ1) is 17.2. The maximum absolute atomic E-state index is 11.5. The van der Waals surface area contributed by atoms with Crippen molar-refractivity contribution in [2.45, 2.75) is 0 Å². The number of rotatable bonds is 6. The van der Waals surface area contributed by atoms with Crippen LogP contribution in [0.1, 0.15) is 10.4 Å². The third-order valence-electron chi connectivity index (χ3n) is 3.46. The number of methoxy groups -OCH3 is 2. The Bertz CT molecular complexity index is 899. The van der Waals surface area contributed by atoms with Gasteiger partial charge >= 0.3 is 5.97 Å². The third kappa shape index (κ3) is 4.23. The van der Waals surface area contributed by atoms with Crippen molar-refractivity contribution in [2.24, 2.45) is 0 Å². The predicted molar refractivity (Wildman–Crippen MR) is 97.2 cm³/mol. The molecule has 1 aromatic heterocycles. The fourth-order valence-corrected chi connectivity index (χ4v) is 2.20. The highest BCUT2D eigenvalue weighted by atomic mass is 16.5. The average Bonchev–Trinajstić information content (AvgIpc) is 2.68. The molecule has 0 aliphatic rings. The Morgan fingerprint density at radius 3 is 2.54 bits per heavy atom. The lowest BCUT2D eigenvalue weighted by molar-refractivity contribution is 0.0601. The summed E-state index contributed by atoms with van der Waals surface area (Å²) in [4.78, 5) is 15.8. The lowest BCUT2D eigenvalue weighted by Crippen LogP contribution is -2.03. The van der Waals surface area contributed by atoms with Crippen molar-refractivity contribution in [3.8, 4) is 5.75 Å². The zero-order valence-corrected chi connectivity index (χ0v) is 14.3. The number of nitrogens with zero attached hydrogens (tertiary/aromatic N) is 3.